The Kier molecular flexibility index (Phi) is 4.30. The number of aromatic carboxylic acids is 1. The van der Waals surface area contributed by atoms with Crippen LogP contribution in [0.1, 0.15) is 61.0 Å². The third kappa shape index (κ3) is 2.52. The first-order valence-electron chi connectivity index (χ1n) is 8.81. The number of carbonyl (C=O) groups excluding carboxylic acids is 1. The number of ether oxygens (including phenoxy) is 2. The lowest BCUT2D eigenvalue weighted by molar-refractivity contribution is -0.161. The first-order valence-corrected chi connectivity index (χ1v) is 8.81. The van der Waals surface area contributed by atoms with Crippen molar-refractivity contribution < 1.29 is 24.2 Å². The quantitative estimate of drug-likeness (QED) is 0.847. The highest BCUT2D eigenvalue weighted by atomic mass is 16.5. The van der Waals surface area contributed by atoms with E-state index in [2.05, 4.69) is 6.92 Å². The van der Waals surface area contributed by atoms with Crippen molar-refractivity contribution in [2.75, 3.05) is 14.2 Å². The van der Waals surface area contributed by atoms with Crippen molar-refractivity contribution in [1.82, 2.24) is 0 Å². The summed E-state index contributed by atoms with van der Waals surface area (Å²) < 4.78 is 10.5. The summed E-state index contributed by atoms with van der Waals surface area (Å²) in [6.45, 7) is 4.23. The molecule has 2 aliphatic carbocycles. The van der Waals surface area contributed by atoms with E-state index in [1.807, 2.05) is 13.0 Å². The molecule has 0 aromatic heterocycles. The Balaban J connectivity index is 2.14. The van der Waals surface area contributed by atoms with Crippen molar-refractivity contribution in [3.05, 3.63) is 28.8 Å². The zero-order valence-electron chi connectivity index (χ0n) is 15.3. The number of hydrogen-bond acceptors (Lipinski definition) is 4. The average Bonchev–Trinajstić information content (AvgIpc) is 2.59. The number of fused-ring (bicyclic) bond motifs is 3. The molecule has 0 unspecified atom stereocenters. The van der Waals surface area contributed by atoms with Crippen LogP contribution in [0.3, 0.4) is 0 Å². The molecule has 0 heterocycles. The van der Waals surface area contributed by atoms with Crippen molar-refractivity contribution in [1.29, 1.82) is 0 Å². The van der Waals surface area contributed by atoms with E-state index in [9.17, 15) is 14.7 Å². The van der Waals surface area contributed by atoms with Crippen molar-refractivity contribution in [2.24, 2.45) is 11.3 Å². The van der Waals surface area contributed by atoms with Crippen molar-refractivity contribution in [2.45, 2.75) is 51.4 Å². The number of esters is 1. The van der Waals surface area contributed by atoms with Crippen LogP contribution in [0.25, 0.3) is 0 Å². The molecule has 5 heteroatoms. The molecule has 1 saturated carbocycles. The van der Waals surface area contributed by atoms with Crippen molar-refractivity contribution in [3.8, 4) is 5.75 Å². The van der Waals surface area contributed by atoms with Gasteiger partial charge in [0.25, 0.3) is 0 Å². The van der Waals surface area contributed by atoms with E-state index in [1.54, 1.807) is 6.07 Å². The normalized spacial score (nSPS) is 30.8. The summed E-state index contributed by atoms with van der Waals surface area (Å²) in [6, 6.07) is 3.63. The van der Waals surface area contributed by atoms with Crippen LogP contribution in [0.4, 0.5) is 0 Å². The first-order chi connectivity index (χ1) is 11.8. The van der Waals surface area contributed by atoms with Crippen LogP contribution >= 0.6 is 0 Å². The molecule has 0 radical (unpaired) electrons. The van der Waals surface area contributed by atoms with E-state index >= 15 is 0 Å². The summed E-state index contributed by atoms with van der Waals surface area (Å²) >= 11 is 0. The van der Waals surface area contributed by atoms with Crippen LogP contribution < -0.4 is 4.74 Å². The summed E-state index contributed by atoms with van der Waals surface area (Å²) in [5, 5.41) is 9.44. The van der Waals surface area contributed by atoms with Gasteiger partial charge >= 0.3 is 11.9 Å². The minimum atomic E-state index is -0.977. The standard InChI is InChI=1S/C20H26O5/c1-19-8-5-9-20(2,18(23)25-4)16(19)7-6-12-10-13(17(21)22)15(24-3)11-14(12)19/h10-11,16H,5-9H2,1-4H3,(H,21,22)/t16-,19-,20-/m1/s1. The largest absolute Gasteiger partial charge is 0.496 e. The lowest BCUT2D eigenvalue weighted by Crippen LogP contribution is -2.52. The molecule has 0 spiro atoms. The van der Waals surface area contributed by atoms with Gasteiger partial charge in [-0.25, -0.2) is 4.79 Å². The van der Waals surface area contributed by atoms with E-state index in [-0.39, 0.29) is 22.9 Å². The summed E-state index contributed by atoms with van der Waals surface area (Å²) in [5.74, 6) is -0.552. The number of aryl methyl sites for hydroxylation is 1. The van der Waals surface area contributed by atoms with E-state index in [4.69, 9.17) is 9.47 Å². The number of carboxylic acid groups (broad SMARTS) is 1. The molecule has 0 bridgehead atoms. The van der Waals surface area contributed by atoms with Gasteiger partial charge in [-0.1, -0.05) is 13.3 Å². The van der Waals surface area contributed by atoms with Gasteiger partial charge in [0, 0.05) is 0 Å². The van der Waals surface area contributed by atoms with Gasteiger partial charge in [-0.3, -0.25) is 4.79 Å². The first kappa shape index (κ1) is 17.8. The maximum atomic E-state index is 12.5. The van der Waals surface area contributed by atoms with Crippen LogP contribution in [0.5, 0.6) is 5.75 Å². The molecule has 1 N–H and O–H groups in total. The summed E-state index contributed by atoms with van der Waals surface area (Å²) in [7, 11) is 2.95. The summed E-state index contributed by atoms with van der Waals surface area (Å²) in [6.07, 6.45) is 4.39. The van der Waals surface area contributed by atoms with Gasteiger partial charge in [0.2, 0.25) is 0 Å². The Labute approximate surface area is 148 Å². The van der Waals surface area contributed by atoms with E-state index in [0.29, 0.717) is 5.75 Å². The highest BCUT2D eigenvalue weighted by Crippen LogP contribution is 2.58. The maximum absolute atomic E-state index is 12.5. The summed E-state index contributed by atoms with van der Waals surface area (Å²) in [5.41, 5.74) is 1.71. The van der Waals surface area contributed by atoms with Crippen LogP contribution in [0.2, 0.25) is 0 Å². The van der Waals surface area contributed by atoms with Crippen molar-refractivity contribution >= 4 is 11.9 Å². The molecule has 2 aliphatic rings. The molecule has 0 amide bonds. The average molecular weight is 346 g/mol. The fourth-order valence-corrected chi connectivity index (χ4v) is 5.31. The fraction of sp³-hybridized carbons (Fsp3) is 0.600. The molecule has 1 aromatic rings. The minimum Gasteiger partial charge on any atom is -0.496 e. The van der Waals surface area contributed by atoms with Crippen LogP contribution in [0, 0.1) is 11.3 Å². The van der Waals surface area contributed by atoms with Crippen LogP contribution in [-0.4, -0.2) is 31.3 Å². The predicted molar refractivity (Wildman–Crippen MR) is 93.1 cm³/mol. The van der Waals surface area contributed by atoms with E-state index in [0.717, 1.165) is 43.2 Å². The Hall–Kier alpha value is -2.04. The van der Waals surface area contributed by atoms with Gasteiger partial charge in [-0.05, 0) is 67.2 Å². The third-order valence-electron chi connectivity index (χ3n) is 6.56. The van der Waals surface area contributed by atoms with Crippen molar-refractivity contribution in [3.63, 3.8) is 0 Å². The van der Waals surface area contributed by atoms with E-state index in [1.165, 1.54) is 14.2 Å². The number of carboxylic acids is 1. The fourth-order valence-electron chi connectivity index (χ4n) is 5.31. The second kappa shape index (κ2) is 6.04. The molecule has 3 rings (SSSR count). The lowest BCUT2D eigenvalue weighted by atomic mass is 9.49. The molecule has 136 valence electrons. The Morgan fingerprint density at radius 3 is 2.52 bits per heavy atom. The smallest absolute Gasteiger partial charge is 0.339 e. The number of carbonyl (C=O) groups is 2. The Morgan fingerprint density at radius 2 is 1.92 bits per heavy atom. The number of benzene rings is 1. The number of rotatable bonds is 3. The second-order valence-electron chi connectivity index (χ2n) is 7.79. The molecule has 1 fully saturated rings. The predicted octanol–water partition coefficient (Wildman–Crippen LogP) is 3.58. The number of hydrogen-bond donors (Lipinski definition) is 1. The minimum absolute atomic E-state index is 0.138. The zero-order chi connectivity index (χ0) is 18.4. The SMILES string of the molecule is COC(=O)[C@]1(C)CCC[C@]2(C)c3cc(OC)c(C(=O)O)cc3CC[C@@H]12. The van der Waals surface area contributed by atoms with Gasteiger partial charge in [0.05, 0.1) is 19.6 Å². The van der Waals surface area contributed by atoms with Gasteiger partial charge in [0.15, 0.2) is 0 Å². The Bertz CT molecular complexity index is 725. The molecule has 3 atom stereocenters. The molecule has 0 aliphatic heterocycles. The van der Waals surface area contributed by atoms with Gasteiger partial charge in [0.1, 0.15) is 11.3 Å². The molecular weight excluding hydrogens is 320 g/mol. The van der Waals surface area contributed by atoms with Gasteiger partial charge in [-0.2, -0.15) is 0 Å². The zero-order valence-corrected chi connectivity index (χ0v) is 15.3. The second-order valence-corrected chi connectivity index (χ2v) is 7.79. The third-order valence-corrected chi connectivity index (χ3v) is 6.56. The molecule has 0 saturated heterocycles. The highest BCUT2D eigenvalue weighted by Gasteiger charge is 2.55. The molecule has 25 heavy (non-hydrogen) atoms. The maximum Gasteiger partial charge on any atom is 0.339 e. The monoisotopic (exact) mass is 346 g/mol. The topological polar surface area (TPSA) is 72.8 Å². The molecule has 1 aromatic carbocycles. The molecular formula is C20H26O5. The van der Waals surface area contributed by atoms with Crippen LogP contribution in [0.15, 0.2) is 12.1 Å². The summed E-state index contributed by atoms with van der Waals surface area (Å²) in [4.78, 5) is 24.1. The Morgan fingerprint density at radius 1 is 1.20 bits per heavy atom. The van der Waals surface area contributed by atoms with Gasteiger partial charge < -0.3 is 14.6 Å². The lowest BCUT2D eigenvalue weighted by Gasteiger charge is -2.54. The van der Waals surface area contributed by atoms with Crippen LogP contribution in [-0.2, 0) is 21.4 Å². The van der Waals surface area contributed by atoms with Gasteiger partial charge in [-0.15, -0.1) is 0 Å². The number of methoxy groups -OCH3 is 2. The highest BCUT2D eigenvalue weighted by molar-refractivity contribution is 5.91. The van der Waals surface area contributed by atoms with E-state index < -0.39 is 11.4 Å². The molecule has 5 nitrogen and oxygen atoms in total.